The number of carbonyl (C=O) groups is 1. The molecule has 2 rings (SSSR count). The lowest BCUT2D eigenvalue weighted by atomic mass is 9.95. The zero-order chi connectivity index (χ0) is 10.8. The van der Waals surface area contributed by atoms with Gasteiger partial charge in [0.05, 0.1) is 18.2 Å². The fraction of sp³-hybridized carbons (Fsp3) is 0.909. The Morgan fingerprint density at radius 3 is 2.87 bits per heavy atom. The predicted octanol–water partition coefficient (Wildman–Crippen LogP) is 0.278. The first-order chi connectivity index (χ1) is 7.20. The summed E-state index contributed by atoms with van der Waals surface area (Å²) >= 11 is 0. The third-order valence-corrected chi connectivity index (χ3v) is 3.39. The van der Waals surface area contributed by atoms with E-state index < -0.39 is 0 Å². The van der Waals surface area contributed by atoms with Crippen molar-refractivity contribution in [3.63, 3.8) is 0 Å². The van der Waals surface area contributed by atoms with Crippen LogP contribution in [0.5, 0.6) is 0 Å². The monoisotopic (exact) mass is 212 g/mol. The Morgan fingerprint density at radius 2 is 2.33 bits per heavy atom. The standard InChI is InChI=1S/C11H20N2O2/c1-7(6-12-2)11(14)13-9-5-8-3-4-10(9)15-8/h7-10,12H,3-6H2,1-2H3,(H,13,14). The number of amides is 1. The van der Waals surface area contributed by atoms with Crippen LogP contribution in [0.1, 0.15) is 26.2 Å². The molecule has 2 aliphatic rings. The molecular weight excluding hydrogens is 192 g/mol. The minimum atomic E-state index is 0.0362. The summed E-state index contributed by atoms with van der Waals surface area (Å²) in [7, 11) is 1.87. The van der Waals surface area contributed by atoms with Crippen LogP contribution in [0.3, 0.4) is 0 Å². The van der Waals surface area contributed by atoms with Gasteiger partial charge in [-0.15, -0.1) is 0 Å². The highest BCUT2D eigenvalue weighted by atomic mass is 16.5. The van der Waals surface area contributed by atoms with E-state index in [2.05, 4.69) is 10.6 Å². The molecule has 2 heterocycles. The zero-order valence-corrected chi connectivity index (χ0v) is 9.45. The smallest absolute Gasteiger partial charge is 0.224 e. The molecule has 0 saturated carbocycles. The molecule has 4 heteroatoms. The first-order valence-electron chi connectivity index (χ1n) is 5.81. The molecule has 0 aromatic rings. The van der Waals surface area contributed by atoms with Gasteiger partial charge in [0.2, 0.25) is 5.91 Å². The van der Waals surface area contributed by atoms with Gasteiger partial charge in [-0.2, -0.15) is 0 Å². The molecule has 2 N–H and O–H groups in total. The number of hydrogen-bond acceptors (Lipinski definition) is 3. The van der Waals surface area contributed by atoms with Crippen molar-refractivity contribution in [2.24, 2.45) is 5.92 Å². The van der Waals surface area contributed by atoms with E-state index in [0.29, 0.717) is 6.10 Å². The maximum atomic E-state index is 11.8. The molecule has 0 aromatic carbocycles. The minimum Gasteiger partial charge on any atom is -0.373 e. The lowest BCUT2D eigenvalue weighted by Gasteiger charge is -2.22. The number of hydrogen-bond donors (Lipinski definition) is 2. The van der Waals surface area contributed by atoms with Crippen LogP contribution >= 0.6 is 0 Å². The summed E-state index contributed by atoms with van der Waals surface area (Å²) in [5.41, 5.74) is 0. The summed E-state index contributed by atoms with van der Waals surface area (Å²) < 4.78 is 5.70. The summed E-state index contributed by atoms with van der Waals surface area (Å²) in [6, 6.07) is 0.260. The topological polar surface area (TPSA) is 50.4 Å². The summed E-state index contributed by atoms with van der Waals surface area (Å²) in [5.74, 6) is 0.180. The highest BCUT2D eigenvalue weighted by molar-refractivity contribution is 5.78. The van der Waals surface area contributed by atoms with Crippen molar-refractivity contribution in [2.45, 2.75) is 44.4 Å². The molecule has 2 saturated heterocycles. The van der Waals surface area contributed by atoms with Crippen LogP contribution in [-0.4, -0.2) is 37.7 Å². The van der Waals surface area contributed by atoms with Crippen LogP contribution in [0.2, 0.25) is 0 Å². The van der Waals surface area contributed by atoms with Gasteiger partial charge in [0.25, 0.3) is 0 Å². The SMILES string of the molecule is CNCC(C)C(=O)NC1CC2CCC1O2. The molecule has 86 valence electrons. The molecule has 0 spiro atoms. The molecule has 2 aliphatic heterocycles. The number of ether oxygens (including phenoxy) is 1. The number of nitrogens with one attached hydrogen (secondary N) is 2. The van der Waals surface area contributed by atoms with E-state index in [9.17, 15) is 4.79 Å². The van der Waals surface area contributed by atoms with Crippen molar-refractivity contribution in [2.75, 3.05) is 13.6 Å². The van der Waals surface area contributed by atoms with Crippen LogP contribution in [0.15, 0.2) is 0 Å². The van der Waals surface area contributed by atoms with Crippen molar-refractivity contribution in [3.05, 3.63) is 0 Å². The zero-order valence-electron chi connectivity index (χ0n) is 9.45. The number of carbonyl (C=O) groups excluding carboxylic acids is 1. The lowest BCUT2D eigenvalue weighted by Crippen LogP contribution is -2.45. The normalized spacial score (nSPS) is 35.5. The minimum absolute atomic E-state index is 0.0362. The van der Waals surface area contributed by atoms with Gasteiger partial charge in [-0.1, -0.05) is 6.92 Å². The Balaban J connectivity index is 1.79. The van der Waals surface area contributed by atoms with Crippen molar-refractivity contribution in [3.8, 4) is 0 Å². The first kappa shape index (κ1) is 10.9. The third-order valence-electron chi connectivity index (χ3n) is 3.39. The first-order valence-corrected chi connectivity index (χ1v) is 5.81. The number of rotatable bonds is 4. The van der Waals surface area contributed by atoms with E-state index in [0.717, 1.165) is 19.4 Å². The van der Waals surface area contributed by atoms with E-state index in [4.69, 9.17) is 4.74 Å². The Labute approximate surface area is 90.8 Å². The molecule has 0 aliphatic carbocycles. The Kier molecular flexibility index (Phi) is 3.26. The summed E-state index contributed by atoms with van der Waals surface area (Å²) in [4.78, 5) is 11.8. The largest absolute Gasteiger partial charge is 0.373 e. The highest BCUT2D eigenvalue weighted by Crippen LogP contribution is 2.34. The second-order valence-electron chi connectivity index (χ2n) is 4.68. The molecule has 4 nitrogen and oxygen atoms in total. The van der Waals surface area contributed by atoms with Crippen LogP contribution in [0.4, 0.5) is 0 Å². The van der Waals surface area contributed by atoms with E-state index in [-0.39, 0.29) is 24.0 Å². The Bertz CT molecular complexity index is 245. The maximum Gasteiger partial charge on any atom is 0.224 e. The van der Waals surface area contributed by atoms with Crippen molar-refractivity contribution in [1.29, 1.82) is 0 Å². The third kappa shape index (κ3) is 2.32. The highest BCUT2D eigenvalue weighted by Gasteiger charge is 2.41. The molecule has 15 heavy (non-hydrogen) atoms. The van der Waals surface area contributed by atoms with Crippen molar-refractivity contribution in [1.82, 2.24) is 10.6 Å². The molecule has 2 fully saturated rings. The maximum absolute atomic E-state index is 11.8. The summed E-state index contributed by atoms with van der Waals surface area (Å²) in [6.07, 6.45) is 3.96. The molecule has 2 bridgehead atoms. The lowest BCUT2D eigenvalue weighted by molar-refractivity contribution is -0.125. The van der Waals surface area contributed by atoms with Gasteiger partial charge in [-0.05, 0) is 26.3 Å². The second kappa shape index (κ2) is 4.49. The van der Waals surface area contributed by atoms with Crippen LogP contribution in [0, 0.1) is 5.92 Å². The van der Waals surface area contributed by atoms with E-state index >= 15 is 0 Å². The van der Waals surface area contributed by atoms with E-state index in [1.54, 1.807) is 0 Å². The molecule has 0 aromatic heterocycles. The molecule has 0 radical (unpaired) electrons. The fourth-order valence-corrected chi connectivity index (χ4v) is 2.51. The van der Waals surface area contributed by atoms with Crippen LogP contribution in [-0.2, 0) is 9.53 Å². The summed E-state index contributed by atoms with van der Waals surface area (Å²) in [5, 5.41) is 6.11. The molecule has 4 atom stereocenters. The van der Waals surface area contributed by atoms with Gasteiger partial charge >= 0.3 is 0 Å². The van der Waals surface area contributed by atoms with Gasteiger partial charge in [0, 0.05) is 12.5 Å². The second-order valence-corrected chi connectivity index (χ2v) is 4.68. The Hall–Kier alpha value is -0.610. The quantitative estimate of drug-likeness (QED) is 0.703. The molecule has 4 unspecified atom stereocenters. The van der Waals surface area contributed by atoms with Gasteiger partial charge in [0.15, 0.2) is 0 Å². The van der Waals surface area contributed by atoms with Crippen molar-refractivity contribution < 1.29 is 9.53 Å². The van der Waals surface area contributed by atoms with Gasteiger partial charge in [-0.25, -0.2) is 0 Å². The van der Waals surface area contributed by atoms with E-state index in [1.165, 1.54) is 6.42 Å². The van der Waals surface area contributed by atoms with Gasteiger partial charge in [-0.3, -0.25) is 4.79 Å². The van der Waals surface area contributed by atoms with E-state index in [1.807, 2.05) is 14.0 Å². The van der Waals surface area contributed by atoms with Crippen LogP contribution in [0.25, 0.3) is 0 Å². The van der Waals surface area contributed by atoms with Gasteiger partial charge < -0.3 is 15.4 Å². The van der Waals surface area contributed by atoms with Crippen LogP contribution < -0.4 is 10.6 Å². The molecule has 1 amide bonds. The average Bonchev–Trinajstić information content (AvgIpc) is 2.79. The van der Waals surface area contributed by atoms with Crippen molar-refractivity contribution >= 4 is 5.91 Å². The average molecular weight is 212 g/mol. The molecular formula is C11H20N2O2. The summed E-state index contributed by atoms with van der Waals surface area (Å²) in [6.45, 7) is 2.67. The predicted molar refractivity (Wildman–Crippen MR) is 57.5 cm³/mol. The number of fused-ring (bicyclic) bond motifs is 2. The van der Waals surface area contributed by atoms with Gasteiger partial charge in [0.1, 0.15) is 0 Å². The Morgan fingerprint density at radius 1 is 1.53 bits per heavy atom. The fourth-order valence-electron chi connectivity index (χ4n) is 2.51.